The number of rotatable bonds is 4. The summed E-state index contributed by atoms with van der Waals surface area (Å²) in [7, 11) is 0. The summed E-state index contributed by atoms with van der Waals surface area (Å²) in [5.74, 6) is 1.73. The third-order valence-corrected chi connectivity index (χ3v) is 5.00. The molecule has 25 heavy (non-hydrogen) atoms. The van der Waals surface area contributed by atoms with Crippen molar-refractivity contribution < 1.29 is 9.53 Å². The van der Waals surface area contributed by atoms with Crippen LogP contribution in [0, 0.1) is 4.77 Å². The molecule has 1 aliphatic heterocycles. The van der Waals surface area contributed by atoms with E-state index < -0.39 is 5.60 Å². The number of hydrogen-bond donors (Lipinski definition) is 0. The Labute approximate surface area is 154 Å². The van der Waals surface area contributed by atoms with Crippen molar-refractivity contribution in [2.75, 3.05) is 26.2 Å². The quantitative estimate of drug-likeness (QED) is 0.766. The van der Waals surface area contributed by atoms with Crippen LogP contribution >= 0.6 is 12.2 Å². The predicted molar refractivity (Wildman–Crippen MR) is 98.1 cm³/mol. The standard InChI is InChI=1S/C17H29N5O2S/c1-5-21-14(13-6-7-13)18-22(15(21)25)12-19-8-10-20(11-9-19)16(23)24-17(2,3)4/h13H,5-12H2,1-4H3. The molecule has 7 nitrogen and oxygen atoms in total. The molecule has 0 aromatic carbocycles. The second-order valence-corrected chi connectivity index (χ2v) is 8.25. The van der Waals surface area contributed by atoms with Crippen LogP contribution < -0.4 is 0 Å². The van der Waals surface area contributed by atoms with Crippen LogP contribution in [-0.2, 0) is 18.0 Å². The third kappa shape index (κ3) is 4.41. The third-order valence-electron chi connectivity index (χ3n) is 4.57. The average molecular weight is 368 g/mol. The van der Waals surface area contributed by atoms with Gasteiger partial charge in [0.25, 0.3) is 0 Å². The summed E-state index contributed by atoms with van der Waals surface area (Å²) in [6, 6.07) is 0. The van der Waals surface area contributed by atoms with Gasteiger partial charge in [-0.2, -0.15) is 5.10 Å². The summed E-state index contributed by atoms with van der Waals surface area (Å²) in [6.45, 7) is 12.3. The summed E-state index contributed by atoms with van der Waals surface area (Å²) in [5.41, 5.74) is -0.451. The lowest BCUT2D eigenvalue weighted by Gasteiger charge is -2.35. The number of nitrogens with zero attached hydrogens (tertiary/aromatic N) is 5. The highest BCUT2D eigenvalue weighted by molar-refractivity contribution is 7.71. The predicted octanol–water partition coefficient (Wildman–Crippen LogP) is 2.82. The van der Waals surface area contributed by atoms with Crippen molar-refractivity contribution in [3.63, 3.8) is 0 Å². The molecule has 8 heteroatoms. The van der Waals surface area contributed by atoms with Gasteiger partial charge in [0, 0.05) is 38.6 Å². The Kier molecular flexibility index (Phi) is 5.20. The zero-order chi connectivity index (χ0) is 18.2. The first kappa shape index (κ1) is 18.4. The summed E-state index contributed by atoms with van der Waals surface area (Å²) < 4.78 is 10.3. The average Bonchev–Trinajstić information content (AvgIpc) is 3.33. The maximum Gasteiger partial charge on any atom is 0.410 e. The Morgan fingerprint density at radius 2 is 1.88 bits per heavy atom. The van der Waals surface area contributed by atoms with Gasteiger partial charge >= 0.3 is 6.09 Å². The van der Waals surface area contributed by atoms with E-state index in [1.165, 1.54) is 12.8 Å². The van der Waals surface area contributed by atoms with Crippen LogP contribution in [0.3, 0.4) is 0 Å². The number of ether oxygens (including phenoxy) is 1. The molecule has 0 radical (unpaired) electrons. The molecule has 0 atom stereocenters. The van der Waals surface area contributed by atoms with Gasteiger partial charge < -0.3 is 14.2 Å². The number of carbonyl (C=O) groups excluding carboxylic acids is 1. The Balaban J connectivity index is 1.58. The highest BCUT2D eigenvalue weighted by Gasteiger charge is 2.30. The molecule has 1 aromatic rings. The Bertz CT molecular complexity index is 678. The van der Waals surface area contributed by atoms with Gasteiger partial charge in [0.15, 0.2) is 4.77 Å². The molecule has 1 aromatic heterocycles. The zero-order valence-electron chi connectivity index (χ0n) is 15.7. The minimum absolute atomic E-state index is 0.227. The molecule has 0 bridgehead atoms. The lowest BCUT2D eigenvalue weighted by atomic mass is 10.2. The second-order valence-electron chi connectivity index (χ2n) is 7.89. The number of aromatic nitrogens is 3. The van der Waals surface area contributed by atoms with Crippen molar-refractivity contribution in [1.29, 1.82) is 0 Å². The maximum absolute atomic E-state index is 12.1. The molecule has 140 valence electrons. The van der Waals surface area contributed by atoms with Crippen LogP contribution in [0.4, 0.5) is 4.79 Å². The lowest BCUT2D eigenvalue weighted by Crippen LogP contribution is -2.50. The van der Waals surface area contributed by atoms with E-state index >= 15 is 0 Å². The summed E-state index contributed by atoms with van der Waals surface area (Å²) >= 11 is 5.60. The van der Waals surface area contributed by atoms with Crippen LogP contribution in [0.2, 0.25) is 0 Å². The van der Waals surface area contributed by atoms with Crippen LogP contribution in [0.5, 0.6) is 0 Å². The van der Waals surface area contributed by atoms with E-state index in [1.807, 2.05) is 25.5 Å². The number of piperazine rings is 1. The molecule has 1 saturated carbocycles. The van der Waals surface area contributed by atoms with Crippen LogP contribution in [-0.4, -0.2) is 62.0 Å². The molecular weight excluding hydrogens is 338 g/mol. The molecule has 1 amide bonds. The number of amides is 1. The van der Waals surface area contributed by atoms with Gasteiger partial charge in [-0.25, -0.2) is 9.48 Å². The van der Waals surface area contributed by atoms with E-state index in [0.29, 0.717) is 25.7 Å². The number of carbonyl (C=O) groups is 1. The van der Waals surface area contributed by atoms with Gasteiger partial charge in [-0.15, -0.1) is 0 Å². The topological polar surface area (TPSA) is 55.5 Å². The normalized spacial score (nSPS) is 19.3. The van der Waals surface area contributed by atoms with Gasteiger partial charge in [-0.1, -0.05) is 0 Å². The second kappa shape index (κ2) is 7.07. The fourth-order valence-electron chi connectivity index (χ4n) is 3.08. The number of hydrogen-bond acceptors (Lipinski definition) is 5. The van der Waals surface area contributed by atoms with Crippen LogP contribution in [0.1, 0.15) is 52.3 Å². The molecular formula is C17H29N5O2S. The van der Waals surface area contributed by atoms with E-state index in [2.05, 4.69) is 16.4 Å². The van der Waals surface area contributed by atoms with E-state index in [9.17, 15) is 4.79 Å². The summed E-state index contributed by atoms with van der Waals surface area (Å²) in [5, 5.41) is 4.77. The van der Waals surface area contributed by atoms with Crippen molar-refractivity contribution in [1.82, 2.24) is 24.1 Å². The molecule has 2 aliphatic rings. The highest BCUT2D eigenvalue weighted by Crippen LogP contribution is 2.39. The van der Waals surface area contributed by atoms with Gasteiger partial charge in [0.2, 0.25) is 0 Å². The van der Waals surface area contributed by atoms with Gasteiger partial charge in [0.1, 0.15) is 11.4 Å². The van der Waals surface area contributed by atoms with E-state index in [4.69, 9.17) is 22.1 Å². The van der Waals surface area contributed by atoms with Crippen LogP contribution in [0.25, 0.3) is 0 Å². The van der Waals surface area contributed by atoms with Gasteiger partial charge in [-0.3, -0.25) is 4.90 Å². The van der Waals surface area contributed by atoms with E-state index in [-0.39, 0.29) is 6.09 Å². The molecule has 0 N–H and O–H groups in total. The Morgan fingerprint density at radius 3 is 2.40 bits per heavy atom. The smallest absolute Gasteiger partial charge is 0.410 e. The molecule has 0 spiro atoms. The molecule has 3 rings (SSSR count). The summed E-state index contributed by atoms with van der Waals surface area (Å²) in [6.07, 6.45) is 2.22. The molecule has 2 heterocycles. The van der Waals surface area contributed by atoms with Crippen molar-refractivity contribution in [2.45, 2.75) is 65.3 Å². The van der Waals surface area contributed by atoms with Crippen LogP contribution in [0.15, 0.2) is 0 Å². The van der Waals surface area contributed by atoms with E-state index in [1.54, 1.807) is 4.90 Å². The zero-order valence-corrected chi connectivity index (χ0v) is 16.5. The Hall–Kier alpha value is -1.41. The largest absolute Gasteiger partial charge is 0.444 e. The molecule has 1 aliphatic carbocycles. The highest BCUT2D eigenvalue weighted by atomic mass is 32.1. The van der Waals surface area contributed by atoms with Crippen molar-refractivity contribution >= 4 is 18.3 Å². The van der Waals surface area contributed by atoms with Crippen molar-refractivity contribution in [3.8, 4) is 0 Å². The van der Waals surface area contributed by atoms with Gasteiger partial charge in [-0.05, 0) is 52.8 Å². The van der Waals surface area contributed by atoms with Crippen molar-refractivity contribution in [2.24, 2.45) is 0 Å². The minimum Gasteiger partial charge on any atom is -0.444 e. The fraction of sp³-hybridized carbons (Fsp3) is 0.824. The fourth-order valence-corrected chi connectivity index (χ4v) is 3.40. The first-order valence-electron chi connectivity index (χ1n) is 9.16. The maximum atomic E-state index is 12.1. The first-order chi connectivity index (χ1) is 11.8. The monoisotopic (exact) mass is 367 g/mol. The Morgan fingerprint density at radius 1 is 1.24 bits per heavy atom. The lowest BCUT2D eigenvalue weighted by molar-refractivity contribution is 0.0113. The van der Waals surface area contributed by atoms with Crippen molar-refractivity contribution in [3.05, 3.63) is 10.6 Å². The van der Waals surface area contributed by atoms with Gasteiger partial charge in [0.05, 0.1) is 6.67 Å². The summed E-state index contributed by atoms with van der Waals surface area (Å²) in [4.78, 5) is 16.2. The molecule has 2 fully saturated rings. The SMILES string of the molecule is CCn1c(C2CC2)nn(CN2CCN(C(=O)OC(C)(C)C)CC2)c1=S. The minimum atomic E-state index is -0.451. The first-order valence-corrected chi connectivity index (χ1v) is 9.57. The molecule has 1 saturated heterocycles. The van der Waals surface area contributed by atoms with E-state index in [0.717, 1.165) is 30.2 Å². The molecule has 0 unspecified atom stereocenters.